The highest BCUT2D eigenvalue weighted by molar-refractivity contribution is 6.17. The minimum Gasteiger partial charge on any atom is -0.258 e. The summed E-state index contributed by atoms with van der Waals surface area (Å²) >= 11 is 5.42. The predicted octanol–water partition coefficient (Wildman–Crippen LogP) is 2.54. The first-order valence-corrected chi connectivity index (χ1v) is 4.47. The molecule has 8 heteroatoms. The van der Waals surface area contributed by atoms with Gasteiger partial charge >= 0.3 is 0 Å². The SMILES string of the molecule is N#Cc1nc(C(F)F)c([N+](=O)[O-])cc1CCl. The summed E-state index contributed by atoms with van der Waals surface area (Å²) in [5.41, 5.74) is -2.11. The van der Waals surface area contributed by atoms with Gasteiger partial charge in [0.25, 0.3) is 12.1 Å². The van der Waals surface area contributed by atoms with Crippen LogP contribution in [0.1, 0.15) is 23.4 Å². The third-order valence-electron chi connectivity index (χ3n) is 1.76. The van der Waals surface area contributed by atoms with Crippen LogP contribution in [0.4, 0.5) is 14.5 Å². The second-order valence-electron chi connectivity index (χ2n) is 2.70. The molecule has 0 atom stereocenters. The molecular weight excluding hydrogens is 244 g/mol. The van der Waals surface area contributed by atoms with Crippen LogP contribution >= 0.6 is 11.6 Å². The Morgan fingerprint density at radius 3 is 2.69 bits per heavy atom. The van der Waals surface area contributed by atoms with Gasteiger partial charge in [-0.3, -0.25) is 10.1 Å². The lowest BCUT2D eigenvalue weighted by Gasteiger charge is -2.04. The zero-order chi connectivity index (χ0) is 12.3. The van der Waals surface area contributed by atoms with E-state index in [1.165, 1.54) is 0 Å². The van der Waals surface area contributed by atoms with Crippen LogP contribution in [0.3, 0.4) is 0 Å². The molecule has 0 radical (unpaired) electrons. The van der Waals surface area contributed by atoms with Gasteiger partial charge in [-0.15, -0.1) is 11.6 Å². The van der Waals surface area contributed by atoms with Crippen molar-refractivity contribution in [2.24, 2.45) is 0 Å². The van der Waals surface area contributed by atoms with Crippen molar-refractivity contribution in [3.8, 4) is 6.07 Å². The Labute approximate surface area is 93.4 Å². The van der Waals surface area contributed by atoms with Crippen LogP contribution in [-0.4, -0.2) is 9.91 Å². The summed E-state index contributed by atoms with van der Waals surface area (Å²) in [7, 11) is 0. The van der Waals surface area contributed by atoms with Gasteiger partial charge in [-0.1, -0.05) is 0 Å². The number of alkyl halides is 3. The van der Waals surface area contributed by atoms with Crippen molar-refractivity contribution in [2.75, 3.05) is 0 Å². The molecule has 1 aromatic rings. The lowest BCUT2D eigenvalue weighted by Crippen LogP contribution is -2.03. The highest BCUT2D eigenvalue weighted by atomic mass is 35.5. The maximum atomic E-state index is 12.4. The number of hydrogen-bond donors (Lipinski definition) is 0. The summed E-state index contributed by atoms with van der Waals surface area (Å²) in [4.78, 5) is 12.8. The highest BCUT2D eigenvalue weighted by Crippen LogP contribution is 2.29. The maximum absolute atomic E-state index is 12.4. The van der Waals surface area contributed by atoms with Crippen molar-refractivity contribution in [3.05, 3.63) is 33.1 Å². The van der Waals surface area contributed by atoms with E-state index in [1.807, 2.05) is 0 Å². The summed E-state index contributed by atoms with van der Waals surface area (Å²) in [5.74, 6) is -0.208. The monoisotopic (exact) mass is 247 g/mol. The first-order chi connectivity index (χ1) is 7.51. The topological polar surface area (TPSA) is 79.8 Å². The lowest BCUT2D eigenvalue weighted by atomic mass is 10.1. The Bertz CT molecular complexity index is 473. The van der Waals surface area contributed by atoms with E-state index in [4.69, 9.17) is 16.9 Å². The molecule has 0 aliphatic heterocycles. The summed E-state index contributed by atoms with van der Waals surface area (Å²) in [5, 5.41) is 19.1. The van der Waals surface area contributed by atoms with E-state index in [2.05, 4.69) is 4.98 Å². The minimum absolute atomic E-state index is 0.0558. The lowest BCUT2D eigenvalue weighted by molar-refractivity contribution is -0.386. The fourth-order valence-corrected chi connectivity index (χ4v) is 1.27. The van der Waals surface area contributed by atoms with E-state index in [-0.39, 0.29) is 17.1 Å². The van der Waals surface area contributed by atoms with E-state index in [0.29, 0.717) is 0 Å². The number of hydrogen-bond acceptors (Lipinski definition) is 4. The molecule has 0 fully saturated rings. The molecule has 1 aromatic heterocycles. The molecular formula is C8H4ClF2N3O2. The van der Waals surface area contributed by atoms with E-state index in [1.54, 1.807) is 6.07 Å². The van der Waals surface area contributed by atoms with E-state index < -0.39 is 22.7 Å². The first kappa shape index (κ1) is 12.3. The molecule has 1 rings (SSSR count). The second kappa shape index (κ2) is 4.81. The number of nitro groups is 1. The Hall–Kier alpha value is -1.81. The second-order valence-corrected chi connectivity index (χ2v) is 2.97. The number of rotatable bonds is 3. The normalized spacial score (nSPS) is 10.2. The van der Waals surface area contributed by atoms with E-state index in [0.717, 1.165) is 6.07 Å². The molecule has 1 heterocycles. The van der Waals surface area contributed by atoms with Crippen LogP contribution in [0.25, 0.3) is 0 Å². The van der Waals surface area contributed by atoms with Crippen LogP contribution in [0.5, 0.6) is 0 Å². The number of pyridine rings is 1. The Morgan fingerprint density at radius 1 is 1.69 bits per heavy atom. The molecule has 0 unspecified atom stereocenters. The average Bonchev–Trinajstić information content (AvgIpc) is 2.26. The zero-order valence-corrected chi connectivity index (χ0v) is 8.41. The molecule has 84 valence electrons. The molecule has 0 N–H and O–H groups in total. The van der Waals surface area contributed by atoms with Gasteiger partial charge in [0.15, 0.2) is 5.69 Å². The van der Waals surface area contributed by atoms with Crippen molar-refractivity contribution >= 4 is 17.3 Å². The summed E-state index contributed by atoms with van der Waals surface area (Å²) in [6.07, 6.45) is -3.11. The van der Waals surface area contributed by atoms with Gasteiger partial charge < -0.3 is 0 Å². The number of nitriles is 1. The molecule has 0 amide bonds. The molecule has 0 spiro atoms. The van der Waals surface area contributed by atoms with Gasteiger partial charge in [-0.25, -0.2) is 13.8 Å². The van der Waals surface area contributed by atoms with Crippen LogP contribution < -0.4 is 0 Å². The van der Waals surface area contributed by atoms with Gasteiger partial charge in [0, 0.05) is 11.6 Å². The van der Waals surface area contributed by atoms with Gasteiger partial charge in [0.05, 0.1) is 10.8 Å². The smallest absolute Gasteiger partial charge is 0.258 e. The molecule has 0 bridgehead atoms. The van der Waals surface area contributed by atoms with Crippen LogP contribution in [0.2, 0.25) is 0 Å². The number of halogens is 3. The fourth-order valence-electron chi connectivity index (χ4n) is 1.06. The molecule has 0 saturated heterocycles. The predicted molar refractivity (Wildman–Crippen MR) is 50.1 cm³/mol. The number of aromatic nitrogens is 1. The molecule has 16 heavy (non-hydrogen) atoms. The molecule has 0 aliphatic rings. The standard InChI is InChI=1S/C8H4ClF2N3O2/c9-2-4-1-6(14(15)16)7(8(10)11)13-5(4)3-12/h1,8H,2H2. The number of nitrogens with zero attached hydrogens (tertiary/aromatic N) is 3. The third kappa shape index (κ3) is 2.23. The molecule has 0 aromatic carbocycles. The maximum Gasteiger partial charge on any atom is 0.297 e. The largest absolute Gasteiger partial charge is 0.297 e. The minimum atomic E-state index is -3.11. The molecule has 5 nitrogen and oxygen atoms in total. The fraction of sp³-hybridized carbons (Fsp3) is 0.250. The Morgan fingerprint density at radius 2 is 2.31 bits per heavy atom. The van der Waals surface area contributed by atoms with Crippen LogP contribution in [-0.2, 0) is 5.88 Å². The van der Waals surface area contributed by atoms with Crippen molar-refractivity contribution < 1.29 is 13.7 Å². The highest BCUT2D eigenvalue weighted by Gasteiger charge is 2.26. The molecule has 0 aliphatic carbocycles. The van der Waals surface area contributed by atoms with Gasteiger partial charge in [0.2, 0.25) is 0 Å². The van der Waals surface area contributed by atoms with E-state index >= 15 is 0 Å². The van der Waals surface area contributed by atoms with Crippen LogP contribution in [0, 0.1) is 21.4 Å². The Kier molecular flexibility index (Phi) is 3.68. The van der Waals surface area contributed by atoms with E-state index in [9.17, 15) is 18.9 Å². The summed E-state index contributed by atoms with van der Waals surface area (Å²) in [6.45, 7) is 0. The van der Waals surface area contributed by atoms with Crippen molar-refractivity contribution in [1.29, 1.82) is 5.26 Å². The van der Waals surface area contributed by atoms with Gasteiger partial charge in [-0.2, -0.15) is 5.26 Å². The van der Waals surface area contributed by atoms with Crippen LogP contribution in [0.15, 0.2) is 6.07 Å². The van der Waals surface area contributed by atoms with Crippen molar-refractivity contribution in [1.82, 2.24) is 4.98 Å². The van der Waals surface area contributed by atoms with Gasteiger partial charge in [-0.05, 0) is 0 Å². The quantitative estimate of drug-likeness (QED) is 0.467. The average molecular weight is 248 g/mol. The van der Waals surface area contributed by atoms with Crippen molar-refractivity contribution in [3.63, 3.8) is 0 Å². The third-order valence-corrected chi connectivity index (χ3v) is 2.05. The summed E-state index contributed by atoms with van der Waals surface area (Å²) in [6, 6.07) is 2.40. The molecule has 0 saturated carbocycles. The zero-order valence-electron chi connectivity index (χ0n) is 7.65. The Balaban J connectivity index is 3.49. The van der Waals surface area contributed by atoms with Crippen molar-refractivity contribution in [2.45, 2.75) is 12.3 Å². The summed E-state index contributed by atoms with van der Waals surface area (Å²) < 4.78 is 24.9. The van der Waals surface area contributed by atoms with Gasteiger partial charge in [0.1, 0.15) is 11.8 Å². The first-order valence-electron chi connectivity index (χ1n) is 3.93.